The molecule has 45 heavy (non-hydrogen) atoms. The minimum atomic E-state index is -0.216. The SMILES string of the molecule is O=C(Nc1ccc(N2CCC(C(C(=O)Nc3ccccc3)c3ccccc3)CC2)cc1)c1ccccc1COc1ccccc1. The molecule has 0 saturated carbocycles. The minimum Gasteiger partial charge on any atom is -0.489 e. The van der Waals surface area contributed by atoms with Crippen LogP contribution in [0.15, 0.2) is 140 Å². The van der Waals surface area contributed by atoms with Gasteiger partial charge in [-0.2, -0.15) is 0 Å². The van der Waals surface area contributed by atoms with Gasteiger partial charge >= 0.3 is 0 Å². The zero-order chi connectivity index (χ0) is 30.8. The van der Waals surface area contributed by atoms with Gasteiger partial charge < -0.3 is 20.3 Å². The molecule has 1 aliphatic heterocycles. The number of carbonyl (C=O) groups is 2. The van der Waals surface area contributed by atoms with Crippen molar-refractivity contribution in [2.24, 2.45) is 5.92 Å². The molecule has 2 amide bonds. The second kappa shape index (κ2) is 14.4. The molecule has 6 rings (SSSR count). The Kier molecular flexibility index (Phi) is 9.51. The number of rotatable bonds is 10. The van der Waals surface area contributed by atoms with E-state index in [2.05, 4.69) is 39.8 Å². The summed E-state index contributed by atoms with van der Waals surface area (Å²) in [6.07, 6.45) is 1.81. The first-order valence-corrected chi connectivity index (χ1v) is 15.5. The molecule has 0 aliphatic carbocycles. The minimum absolute atomic E-state index is 0.0409. The van der Waals surface area contributed by atoms with Crippen LogP contribution in [-0.4, -0.2) is 24.9 Å². The molecule has 1 aliphatic rings. The van der Waals surface area contributed by atoms with Crippen LogP contribution < -0.4 is 20.3 Å². The normalized spacial score (nSPS) is 13.9. The highest BCUT2D eigenvalue weighted by atomic mass is 16.5. The van der Waals surface area contributed by atoms with E-state index in [1.807, 2.05) is 115 Å². The lowest BCUT2D eigenvalue weighted by Crippen LogP contribution is -2.38. The van der Waals surface area contributed by atoms with E-state index in [0.29, 0.717) is 12.2 Å². The Morgan fingerprint density at radius 2 is 1.24 bits per heavy atom. The molecule has 1 atom stereocenters. The number of carbonyl (C=O) groups excluding carboxylic acids is 2. The number of hydrogen-bond acceptors (Lipinski definition) is 4. The quantitative estimate of drug-likeness (QED) is 0.171. The molecule has 1 fully saturated rings. The monoisotopic (exact) mass is 595 g/mol. The smallest absolute Gasteiger partial charge is 0.256 e. The summed E-state index contributed by atoms with van der Waals surface area (Å²) in [7, 11) is 0. The average Bonchev–Trinajstić information content (AvgIpc) is 3.10. The number of nitrogens with zero attached hydrogens (tertiary/aromatic N) is 1. The number of benzene rings is 5. The van der Waals surface area contributed by atoms with Crippen molar-refractivity contribution in [3.8, 4) is 5.75 Å². The second-order valence-corrected chi connectivity index (χ2v) is 11.3. The molecule has 5 aromatic rings. The molecule has 5 aromatic carbocycles. The van der Waals surface area contributed by atoms with Gasteiger partial charge in [0.15, 0.2) is 0 Å². The summed E-state index contributed by atoms with van der Waals surface area (Å²) in [5.41, 5.74) is 5.12. The number of nitrogens with one attached hydrogen (secondary N) is 2. The number of piperidine rings is 1. The summed E-state index contributed by atoms with van der Waals surface area (Å²) in [6, 6.07) is 44.9. The molecule has 0 radical (unpaired) electrons. The lowest BCUT2D eigenvalue weighted by atomic mass is 9.79. The van der Waals surface area contributed by atoms with Crippen LogP contribution in [0, 0.1) is 5.92 Å². The van der Waals surface area contributed by atoms with Crippen LogP contribution in [-0.2, 0) is 11.4 Å². The third kappa shape index (κ3) is 7.60. The van der Waals surface area contributed by atoms with E-state index in [1.165, 1.54) is 0 Å². The molecule has 1 heterocycles. The van der Waals surface area contributed by atoms with Crippen LogP contribution in [0.3, 0.4) is 0 Å². The first kappa shape index (κ1) is 29.7. The summed E-state index contributed by atoms with van der Waals surface area (Å²) in [5, 5.41) is 6.18. The van der Waals surface area contributed by atoms with Crippen LogP contribution in [0.25, 0.3) is 0 Å². The van der Waals surface area contributed by atoms with Crippen molar-refractivity contribution < 1.29 is 14.3 Å². The van der Waals surface area contributed by atoms with Crippen LogP contribution in [0.2, 0.25) is 0 Å². The van der Waals surface area contributed by atoms with Crippen LogP contribution in [0.4, 0.5) is 17.1 Å². The van der Waals surface area contributed by atoms with Crippen LogP contribution >= 0.6 is 0 Å². The van der Waals surface area contributed by atoms with Crippen molar-refractivity contribution in [1.29, 1.82) is 0 Å². The summed E-state index contributed by atoms with van der Waals surface area (Å²) >= 11 is 0. The third-order valence-electron chi connectivity index (χ3n) is 8.38. The van der Waals surface area contributed by atoms with Crippen molar-refractivity contribution in [3.05, 3.63) is 156 Å². The average molecular weight is 596 g/mol. The van der Waals surface area contributed by atoms with E-state index >= 15 is 0 Å². The molecular formula is C39H37N3O3. The van der Waals surface area contributed by atoms with Crippen molar-refractivity contribution in [3.63, 3.8) is 0 Å². The van der Waals surface area contributed by atoms with Gasteiger partial charge in [-0.25, -0.2) is 0 Å². The van der Waals surface area contributed by atoms with E-state index in [-0.39, 0.29) is 23.7 Å². The number of para-hydroxylation sites is 2. The van der Waals surface area contributed by atoms with Crippen molar-refractivity contribution >= 4 is 28.9 Å². The van der Waals surface area contributed by atoms with E-state index in [1.54, 1.807) is 0 Å². The maximum atomic E-state index is 13.5. The van der Waals surface area contributed by atoms with Gasteiger partial charge in [-0.15, -0.1) is 0 Å². The Balaban J connectivity index is 1.07. The van der Waals surface area contributed by atoms with Gasteiger partial charge in [-0.1, -0.05) is 84.9 Å². The van der Waals surface area contributed by atoms with Gasteiger partial charge in [-0.05, 0) is 78.9 Å². The maximum Gasteiger partial charge on any atom is 0.256 e. The molecule has 0 aromatic heterocycles. The molecule has 1 unspecified atom stereocenters. The molecule has 6 nitrogen and oxygen atoms in total. The standard InChI is InChI=1S/C39H37N3O3/c43-38(36-19-11-10-14-31(36)28-45-35-17-8-3-9-18-35)40-33-20-22-34(23-21-33)42-26-24-30(25-27-42)37(29-12-4-1-5-13-29)39(44)41-32-15-6-2-7-16-32/h1-23,30,37H,24-28H2,(H,40,43)(H,41,44). The number of amides is 2. The van der Waals surface area contributed by atoms with Gasteiger partial charge in [0, 0.05) is 41.3 Å². The fraction of sp³-hybridized carbons (Fsp3) is 0.179. The summed E-state index contributed by atoms with van der Waals surface area (Å²) in [5.74, 6) is 0.651. The fourth-order valence-corrected chi connectivity index (χ4v) is 6.03. The van der Waals surface area contributed by atoms with E-state index in [0.717, 1.165) is 59.9 Å². The van der Waals surface area contributed by atoms with Gasteiger partial charge in [-0.3, -0.25) is 9.59 Å². The van der Waals surface area contributed by atoms with E-state index in [9.17, 15) is 9.59 Å². The lowest BCUT2D eigenvalue weighted by molar-refractivity contribution is -0.119. The highest BCUT2D eigenvalue weighted by Gasteiger charge is 2.33. The molecule has 6 heteroatoms. The number of anilines is 3. The van der Waals surface area contributed by atoms with Gasteiger partial charge in [0.1, 0.15) is 12.4 Å². The van der Waals surface area contributed by atoms with Gasteiger partial charge in [0.25, 0.3) is 5.91 Å². The predicted molar refractivity (Wildman–Crippen MR) is 181 cm³/mol. The Morgan fingerprint density at radius 1 is 0.667 bits per heavy atom. The Morgan fingerprint density at radius 3 is 1.93 bits per heavy atom. The van der Waals surface area contributed by atoms with Crippen LogP contribution in [0.1, 0.15) is 40.2 Å². The van der Waals surface area contributed by atoms with Crippen LogP contribution in [0.5, 0.6) is 5.75 Å². The summed E-state index contributed by atoms with van der Waals surface area (Å²) in [6.45, 7) is 2.02. The lowest BCUT2D eigenvalue weighted by Gasteiger charge is -2.37. The highest BCUT2D eigenvalue weighted by Crippen LogP contribution is 2.35. The fourth-order valence-electron chi connectivity index (χ4n) is 6.03. The first-order valence-electron chi connectivity index (χ1n) is 15.5. The first-order chi connectivity index (χ1) is 22.1. The number of ether oxygens (including phenoxy) is 1. The molecule has 0 bridgehead atoms. The zero-order valence-corrected chi connectivity index (χ0v) is 25.1. The van der Waals surface area contributed by atoms with Gasteiger partial charge in [0.2, 0.25) is 5.91 Å². The molecule has 2 N–H and O–H groups in total. The zero-order valence-electron chi connectivity index (χ0n) is 25.1. The van der Waals surface area contributed by atoms with E-state index in [4.69, 9.17) is 4.74 Å². The van der Waals surface area contributed by atoms with Crippen molar-refractivity contribution in [2.45, 2.75) is 25.4 Å². The third-order valence-corrected chi connectivity index (χ3v) is 8.38. The van der Waals surface area contributed by atoms with E-state index < -0.39 is 0 Å². The summed E-state index contributed by atoms with van der Waals surface area (Å²) in [4.78, 5) is 29.1. The Labute approximate surface area is 264 Å². The Hall–Kier alpha value is -5.36. The second-order valence-electron chi connectivity index (χ2n) is 11.3. The molecular weight excluding hydrogens is 558 g/mol. The highest BCUT2D eigenvalue weighted by molar-refractivity contribution is 6.05. The molecule has 226 valence electrons. The summed E-state index contributed by atoms with van der Waals surface area (Å²) < 4.78 is 5.90. The van der Waals surface area contributed by atoms with Crippen molar-refractivity contribution in [2.75, 3.05) is 28.6 Å². The van der Waals surface area contributed by atoms with Crippen molar-refractivity contribution in [1.82, 2.24) is 0 Å². The predicted octanol–water partition coefficient (Wildman–Crippen LogP) is 8.16. The topological polar surface area (TPSA) is 70.7 Å². The number of hydrogen-bond donors (Lipinski definition) is 2. The molecule has 0 spiro atoms. The maximum absolute atomic E-state index is 13.5. The molecule has 1 saturated heterocycles. The largest absolute Gasteiger partial charge is 0.489 e. The van der Waals surface area contributed by atoms with Gasteiger partial charge in [0.05, 0.1) is 5.92 Å². The Bertz CT molecular complexity index is 1680.